The average Bonchev–Trinajstić information content (AvgIpc) is 2.45. The molecule has 0 heterocycles. The Balaban J connectivity index is 2.00. The highest BCUT2D eigenvalue weighted by Crippen LogP contribution is 2.23. The smallest absolute Gasteiger partial charge is 0.119 e. The van der Waals surface area contributed by atoms with E-state index in [0.29, 0.717) is 6.04 Å². The minimum atomic E-state index is 0.293. The molecule has 2 nitrogen and oxygen atoms in total. The van der Waals surface area contributed by atoms with Gasteiger partial charge in [0.05, 0.1) is 7.11 Å². The van der Waals surface area contributed by atoms with Gasteiger partial charge in [-0.15, -0.1) is 0 Å². The molecular formula is C16H18BrNO. The summed E-state index contributed by atoms with van der Waals surface area (Å²) in [7, 11) is 1.69. The highest BCUT2D eigenvalue weighted by molar-refractivity contribution is 9.10. The van der Waals surface area contributed by atoms with E-state index in [-0.39, 0.29) is 0 Å². The van der Waals surface area contributed by atoms with Crippen LogP contribution in [0.3, 0.4) is 0 Å². The van der Waals surface area contributed by atoms with Gasteiger partial charge in [-0.3, -0.25) is 0 Å². The molecule has 2 aromatic rings. The van der Waals surface area contributed by atoms with Crippen molar-refractivity contribution in [1.29, 1.82) is 0 Å². The monoisotopic (exact) mass is 319 g/mol. The van der Waals surface area contributed by atoms with Gasteiger partial charge in [0.1, 0.15) is 5.75 Å². The zero-order chi connectivity index (χ0) is 13.7. The average molecular weight is 320 g/mol. The summed E-state index contributed by atoms with van der Waals surface area (Å²) >= 11 is 3.59. The first-order valence-electron chi connectivity index (χ1n) is 6.31. The zero-order valence-electron chi connectivity index (χ0n) is 11.2. The van der Waals surface area contributed by atoms with E-state index in [0.717, 1.165) is 16.8 Å². The van der Waals surface area contributed by atoms with Gasteiger partial charge >= 0.3 is 0 Å². The van der Waals surface area contributed by atoms with Crippen molar-refractivity contribution in [1.82, 2.24) is 5.32 Å². The van der Waals surface area contributed by atoms with E-state index in [4.69, 9.17) is 4.74 Å². The maximum atomic E-state index is 5.23. The Morgan fingerprint density at radius 1 is 1.16 bits per heavy atom. The second-order valence-corrected chi connectivity index (χ2v) is 5.33. The van der Waals surface area contributed by atoms with E-state index in [1.54, 1.807) is 7.11 Å². The van der Waals surface area contributed by atoms with Gasteiger partial charge in [-0.1, -0.05) is 46.3 Å². The highest BCUT2D eigenvalue weighted by Gasteiger charge is 2.08. The fraction of sp³-hybridized carbons (Fsp3) is 0.250. The first-order valence-corrected chi connectivity index (χ1v) is 7.10. The predicted octanol–water partition coefficient (Wildman–Crippen LogP) is 4.31. The molecule has 0 spiro atoms. The van der Waals surface area contributed by atoms with Gasteiger partial charge in [-0.25, -0.2) is 0 Å². The van der Waals surface area contributed by atoms with Crippen LogP contribution in [0, 0.1) is 0 Å². The van der Waals surface area contributed by atoms with Gasteiger partial charge in [0.2, 0.25) is 0 Å². The number of nitrogens with one attached hydrogen (secondary N) is 1. The first kappa shape index (κ1) is 14.1. The molecule has 0 aromatic heterocycles. The normalized spacial score (nSPS) is 12.2. The van der Waals surface area contributed by atoms with Crippen molar-refractivity contribution in [2.24, 2.45) is 0 Å². The fourth-order valence-corrected chi connectivity index (χ4v) is 2.62. The van der Waals surface area contributed by atoms with Crippen molar-refractivity contribution in [3.63, 3.8) is 0 Å². The van der Waals surface area contributed by atoms with Gasteiger partial charge < -0.3 is 10.1 Å². The number of methoxy groups -OCH3 is 1. The first-order chi connectivity index (χ1) is 9.20. The lowest BCUT2D eigenvalue weighted by Crippen LogP contribution is -2.18. The zero-order valence-corrected chi connectivity index (χ0v) is 12.8. The summed E-state index contributed by atoms with van der Waals surface area (Å²) < 4.78 is 6.37. The van der Waals surface area contributed by atoms with E-state index < -0.39 is 0 Å². The number of rotatable bonds is 5. The van der Waals surface area contributed by atoms with Crippen LogP contribution in [0.25, 0.3) is 0 Å². The van der Waals surface area contributed by atoms with Crippen LogP contribution in [-0.2, 0) is 6.54 Å². The summed E-state index contributed by atoms with van der Waals surface area (Å²) in [4.78, 5) is 0. The number of halogens is 1. The summed E-state index contributed by atoms with van der Waals surface area (Å²) in [5, 5.41) is 3.52. The quantitative estimate of drug-likeness (QED) is 0.886. The maximum absolute atomic E-state index is 5.23. The summed E-state index contributed by atoms with van der Waals surface area (Å²) in [6.45, 7) is 2.99. The number of ether oxygens (including phenoxy) is 1. The highest BCUT2D eigenvalue weighted by atomic mass is 79.9. The molecule has 0 aliphatic carbocycles. The predicted molar refractivity (Wildman–Crippen MR) is 82.4 cm³/mol. The van der Waals surface area contributed by atoms with E-state index in [9.17, 15) is 0 Å². The van der Waals surface area contributed by atoms with E-state index in [1.807, 2.05) is 18.2 Å². The Hall–Kier alpha value is -1.32. The van der Waals surface area contributed by atoms with Gasteiger partial charge in [0.25, 0.3) is 0 Å². The molecule has 0 saturated heterocycles. The summed E-state index contributed by atoms with van der Waals surface area (Å²) in [6.07, 6.45) is 0. The van der Waals surface area contributed by atoms with Crippen LogP contribution in [0.4, 0.5) is 0 Å². The lowest BCUT2D eigenvalue weighted by Gasteiger charge is -2.16. The van der Waals surface area contributed by atoms with Gasteiger partial charge in [-0.05, 0) is 36.2 Å². The molecule has 19 heavy (non-hydrogen) atoms. The number of hydrogen-bond acceptors (Lipinski definition) is 2. The topological polar surface area (TPSA) is 21.3 Å². The summed E-state index contributed by atoms with van der Waals surface area (Å²) in [5.41, 5.74) is 2.49. The van der Waals surface area contributed by atoms with Crippen LogP contribution in [0.15, 0.2) is 53.0 Å². The number of benzene rings is 2. The van der Waals surface area contributed by atoms with Crippen molar-refractivity contribution >= 4 is 15.9 Å². The van der Waals surface area contributed by atoms with Crippen molar-refractivity contribution in [3.05, 3.63) is 64.1 Å². The molecule has 1 N–H and O–H groups in total. The van der Waals surface area contributed by atoms with Crippen LogP contribution >= 0.6 is 15.9 Å². The minimum Gasteiger partial charge on any atom is -0.497 e. The molecule has 100 valence electrons. The molecule has 0 aliphatic heterocycles. The van der Waals surface area contributed by atoms with Crippen LogP contribution < -0.4 is 10.1 Å². The van der Waals surface area contributed by atoms with Crippen molar-refractivity contribution in [2.75, 3.05) is 7.11 Å². The SMILES string of the molecule is COc1cccc(CN[C@H](C)c2ccccc2Br)c1. The van der Waals surface area contributed by atoms with Crippen LogP contribution in [0.1, 0.15) is 24.1 Å². The molecular weight excluding hydrogens is 302 g/mol. The lowest BCUT2D eigenvalue weighted by atomic mass is 10.1. The Bertz CT molecular complexity index is 542. The summed E-state index contributed by atoms with van der Waals surface area (Å²) in [6, 6.07) is 16.7. The Kier molecular flexibility index (Phi) is 5.00. The van der Waals surface area contributed by atoms with E-state index in [1.165, 1.54) is 11.1 Å². The third kappa shape index (κ3) is 3.82. The fourth-order valence-electron chi connectivity index (χ4n) is 1.99. The second kappa shape index (κ2) is 6.73. The van der Waals surface area contributed by atoms with Crippen LogP contribution in [-0.4, -0.2) is 7.11 Å². The van der Waals surface area contributed by atoms with Crippen molar-refractivity contribution in [2.45, 2.75) is 19.5 Å². The Labute approximate surface area is 122 Å². The van der Waals surface area contributed by atoms with E-state index in [2.05, 4.69) is 58.5 Å². The maximum Gasteiger partial charge on any atom is 0.119 e. The lowest BCUT2D eigenvalue weighted by molar-refractivity contribution is 0.414. The molecule has 0 fully saturated rings. The third-order valence-electron chi connectivity index (χ3n) is 3.12. The molecule has 2 rings (SSSR count). The third-order valence-corrected chi connectivity index (χ3v) is 3.84. The Morgan fingerprint density at radius 3 is 2.68 bits per heavy atom. The molecule has 0 saturated carbocycles. The molecule has 0 amide bonds. The van der Waals surface area contributed by atoms with E-state index >= 15 is 0 Å². The second-order valence-electron chi connectivity index (χ2n) is 4.48. The standard InChI is InChI=1S/C16H18BrNO/c1-12(15-8-3-4-9-16(15)17)18-11-13-6-5-7-14(10-13)19-2/h3-10,12,18H,11H2,1-2H3/t12-/m1/s1. The molecule has 0 radical (unpaired) electrons. The van der Waals surface area contributed by atoms with Gasteiger partial charge in [-0.2, -0.15) is 0 Å². The van der Waals surface area contributed by atoms with Crippen LogP contribution in [0.5, 0.6) is 5.75 Å². The van der Waals surface area contributed by atoms with Crippen LogP contribution in [0.2, 0.25) is 0 Å². The Morgan fingerprint density at radius 2 is 1.95 bits per heavy atom. The summed E-state index contributed by atoms with van der Waals surface area (Å²) in [5.74, 6) is 0.896. The largest absolute Gasteiger partial charge is 0.497 e. The minimum absolute atomic E-state index is 0.293. The molecule has 3 heteroatoms. The number of hydrogen-bond donors (Lipinski definition) is 1. The molecule has 0 aliphatic rings. The van der Waals surface area contributed by atoms with Crippen molar-refractivity contribution in [3.8, 4) is 5.75 Å². The molecule has 2 aromatic carbocycles. The van der Waals surface area contributed by atoms with Gasteiger partial charge in [0.15, 0.2) is 0 Å². The van der Waals surface area contributed by atoms with Crippen molar-refractivity contribution < 1.29 is 4.74 Å². The molecule has 1 atom stereocenters. The molecule has 0 unspecified atom stereocenters. The van der Waals surface area contributed by atoms with Gasteiger partial charge in [0, 0.05) is 17.1 Å². The molecule has 0 bridgehead atoms.